The lowest BCUT2D eigenvalue weighted by atomic mass is 10.1. The summed E-state index contributed by atoms with van der Waals surface area (Å²) in [6.07, 6.45) is -4.52. The van der Waals surface area contributed by atoms with Crippen molar-refractivity contribution in [2.75, 3.05) is 16.4 Å². The SMILES string of the molecule is N#Cc1cccc(NC(=O)CSc2ccccc2C(=O)Nc2cccc(C(F)(F)F)c2)c1. The van der Waals surface area contributed by atoms with E-state index in [-0.39, 0.29) is 22.9 Å². The average molecular weight is 455 g/mol. The minimum Gasteiger partial charge on any atom is -0.325 e. The lowest BCUT2D eigenvalue weighted by Gasteiger charge is -2.12. The van der Waals surface area contributed by atoms with Gasteiger partial charge in [-0.3, -0.25) is 9.59 Å². The first kappa shape index (κ1) is 22.9. The number of thioether (sulfide) groups is 1. The third-order valence-corrected chi connectivity index (χ3v) is 5.29. The molecular weight excluding hydrogens is 439 g/mol. The van der Waals surface area contributed by atoms with Crippen LogP contribution in [0.3, 0.4) is 0 Å². The highest BCUT2D eigenvalue weighted by Crippen LogP contribution is 2.31. The quantitative estimate of drug-likeness (QED) is 0.477. The van der Waals surface area contributed by atoms with Gasteiger partial charge in [0.1, 0.15) is 0 Å². The van der Waals surface area contributed by atoms with Crippen molar-refractivity contribution in [3.63, 3.8) is 0 Å². The number of rotatable bonds is 6. The van der Waals surface area contributed by atoms with Crippen LogP contribution in [0.25, 0.3) is 0 Å². The molecule has 2 amide bonds. The fourth-order valence-corrected chi connectivity index (χ4v) is 3.61. The van der Waals surface area contributed by atoms with Crippen LogP contribution in [0.4, 0.5) is 24.5 Å². The number of carbonyl (C=O) groups is 2. The zero-order valence-corrected chi connectivity index (χ0v) is 17.3. The second-order valence-electron chi connectivity index (χ2n) is 6.56. The highest BCUT2D eigenvalue weighted by Gasteiger charge is 2.30. The summed E-state index contributed by atoms with van der Waals surface area (Å²) >= 11 is 1.11. The minimum atomic E-state index is -4.52. The molecular formula is C23H16F3N3O2S. The summed E-state index contributed by atoms with van der Waals surface area (Å²) in [4.78, 5) is 25.4. The van der Waals surface area contributed by atoms with Crippen LogP contribution in [0.1, 0.15) is 21.5 Å². The van der Waals surface area contributed by atoms with E-state index in [9.17, 15) is 22.8 Å². The van der Waals surface area contributed by atoms with Crippen LogP contribution in [0.2, 0.25) is 0 Å². The molecule has 0 heterocycles. The Balaban J connectivity index is 1.67. The van der Waals surface area contributed by atoms with Gasteiger partial charge in [-0.15, -0.1) is 11.8 Å². The average Bonchev–Trinajstić information content (AvgIpc) is 2.77. The topological polar surface area (TPSA) is 82.0 Å². The minimum absolute atomic E-state index is 0.00929. The van der Waals surface area contributed by atoms with Crippen LogP contribution >= 0.6 is 11.8 Å². The summed E-state index contributed by atoms with van der Waals surface area (Å²) in [5.74, 6) is -0.933. The maximum atomic E-state index is 12.9. The number of anilines is 2. The molecule has 0 aliphatic heterocycles. The Morgan fingerprint density at radius 2 is 1.59 bits per heavy atom. The second kappa shape index (κ2) is 10.0. The van der Waals surface area contributed by atoms with Gasteiger partial charge in [-0.1, -0.05) is 24.3 Å². The number of nitrogens with one attached hydrogen (secondary N) is 2. The normalized spacial score (nSPS) is 10.8. The molecule has 0 aliphatic rings. The van der Waals surface area contributed by atoms with E-state index >= 15 is 0 Å². The maximum absolute atomic E-state index is 12.9. The summed E-state index contributed by atoms with van der Waals surface area (Å²) in [5.41, 5.74) is 0.265. The third-order valence-electron chi connectivity index (χ3n) is 4.21. The predicted molar refractivity (Wildman–Crippen MR) is 116 cm³/mol. The molecule has 32 heavy (non-hydrogen) atoms. The Morgan fingerprint density at radius 3 is 2.31 bits per heavy atom. The molecule has 0 aliphatic carbocycles. The van der Waals surface area contributed by atoms with Crippen molar-refractivity contribution in [3.05, 3.63) is 89.5 Å². The first-order valence-corrected chi connectivity index (χ1v) is 10.3. The van der Waals surface area contributed by atoms with Crippen LogP contribution in [0, 0.1) is 11.3 Å². The molecule has 2 N–H and O–H groups in total. The summed E-state index contributed by atoms with van der Waals surface area (Å²) in [6.45, 7) is 0. The van der Waals surface area contributed by atoms with E-state index in [1.807, 2.05) is 6.07 Å². The van der Waals surface area contributed by atoms with Crippen LogP contribution < -0.4 is 10.6 Å². The number of halogens is 3. The highest BCUT2D eigenvalue weighted by molar-refractivity contribution is 8.00. The molecule has 0 spiro atoms. The van der Waals surface area contributed by atoms with Gasteiger partial charge in [-0.05, 0) is 48.5 Å². The molecule has 0 radical (unpaired) electrons. The van der Waals surface area contributed by atoms with Gasteiger partial charge in [0.15, 0.2) is 0 Å². The standard InChI is InChI=1S/C23H16F3N3O2S/c24-23(25,26)16-6-4-8-18(12-16)29-22(31)19-9-1-2-10-20(19)32-14-21(30)28-17-7-3-5-15(11-17)13-27/h1-12H,14H2,(H,28,30)(H,29,31). The van der Waals surface area contributed by atoms with Crippen LogP contribution in [0.15, 0.2) is 77.7 Å². The zero-order chi connectivity index (χ0) is 23.1. The molecule has 3 rings (SSSR count). The van der Waals surface area contributed by atoms with Crippen molar-refractivity contribution in [2.24, 2.45) is 0 Å². The number of amides is 2. The molecule has 0 atom stereocenters. The smallest absolute Gasteiger partial charge is 0.325 e. The molecule has 0 aromatic heterocycles. The van der Waals surface area contributed by atoms with E-state index in [1.54, 1.807) is 42.5 Å². The van der Waals surface area contributed by atoms with Gasteiger partial charge in [0.05, 0.1) is 28.5 Å². The van der Waals surface area contributed by atoms with Gasteiger partial charge >= 0.3 is 6.18 Å². The van der Waals surface area contributed by atoms with E-state index in [0.717, 1.165) is 23.9 Å². The van der Waals surface area contributed by atoms with Crippen molar-refractivity contribution in [1.82, 2.24) is 0 Å². The molecule has 9 heteroatoms. The highest BCUT2D eigenvalue weighted by atomic mass is 32.2. The largest absolute Gasteiger partial charge is 0.416 e. The number of alkyl halides is 3. The van der Waals surface area contributed by atoms with E-state index in [4.69, 9.17) is 5.26 Å². The third kappa shape index (κ3) is 6.12. The first-order chi connectivity index (χ1) is 15.3. The lowest BCUT2D eigenvalue weighted by Crippen LogP contribution is -2.16. The number of carbonyl (C=O) groups excluding carboxylic acids is 2. The number of nitrogens with zero attached hydrogens (tertiary/aromatic N) is 1. The maximum Gasteiger partial charge on any atom is 0.416 e. The van der Waals surface area contributed by atoms with Crippen molar-refractivity contribution < 1.29 is 22.8 Å². The van der Waals surface area contributed by atoms with Crippen LogP contribution in [-0.4, -0.2) is 17.6 Å². The molecule has 0 unspecified atom stereocenters. The summed E-state index contributed by atoms with van der Waals surface area (Å²) in [5, 5.41) is 14.1. The van der Waals surface area contributed by atoms with Gasteiger partial charge in [-0.25, -0.2) is 0 Å². The number of benzene rings is 3. The van der Waals surface area contributed by atoms with Crippen molar-refractivity contribution in [2.45, 2.75) is 11.1 Å². The fourth-order valence-electron chi connectivity index (χ4n) is 2.76. The molecule has 5 nitrogen and oxygen atoms in total. The lowest BCUT2D eigenvalue weighted by molar-refractivity contribution is -0.137. The van der Waals surface area contributed by atoms with E-state index in [2.05, 4.69) is 10.6 Å². The van der Waals surface area contributed by atoms with E-state index < -0.39 is 17.6 Å². The molecule has 3 aromatic rings. The van der Waals surface area contributed by atoms with Gasteiger partial charge in [-0.2, -0.15) is 18.4 Å². The fraction of sp³-hybridized carbons (Fsp3) is 0.0870. The number of nitriles is 1. The Hall–Kier alpha value is -3.77. The Bertz CT molecular complexity index is 1190. The summed E-state index contributed by atoms with van der Waals surface area (Å²) in [7, 11) is 0. The number of hydrogen-bond acceptors (Lipinski definition) is 4. The van der Waals surface area contributed by atoms with E-state index in [1.165, 1.54) is 18.2 Å². The molecule has 0 fully saturated rings. The van der Waals surface area contributed by atoms with Crippen molar-refractivity contribution in [1.29, 1.82) is 5.26 Å². The van der Waals surface area contributed by atoms with E-state index in [0.29, 0.717) is 16.1 Å². The molecule has 3 aromatic carbocycles. The molecule has 162 valence electrons. The van der Waals surface area contributed by atoms with Gasteiger partial charge in [0, 0.05) is 16.3 Å². The first-order valence-electron chi connectivity index (χ1n) is 9.27. The van der Waals surface area contributed by atoms with Crippen molar-refractivity contribution in [3.8, 4) is 6.07 Å². The molecule has 0 saturated carbocycles. The molecule has 0 saturated heterocycles. The Labute approximate surface area is 186 Å². The van der Waals surface area contributed by atoms with Gasteiger partial charge < -0.3 is 10.6 Å². The Kier molecular flexibility index (Phi) is 7.18. The van der Waals surface area contributed by atoms with Crippen LogP contribution in [0.5, 0.6) is 0 Å². The van der Waals surface area contributed by atoms with Gasteiger partial charge in [0.2, 0.25) is 5.91 Å². The summed E-state index contributed by atoms with van der Waals surface area (Å²) in [6, 6.07) is 19.3. The van der Waals surface area contributed by atoms with Crippen molar-refractivity contribution >= 4 is 35.0 Å². The Morgan fingerprint density at radius 1 is 0.906 bits per heavy atom. The summed E-state index contributed by atoms with van der Waals surface area (Å²) < 4.78 is 38.7. The van der Waals surface area contributed by atoms with Gasteiger partial charge in [0.25, 0.3) is 5.91 Å². The number of hydrogen-bond donors (Lipinski definition) is 2. The monoisotopic (exact) mass is 455 g/mol. The predicted octanol–water partition coefficient (Wildman–Crippen LogP) is 5.56. The second-order valence-corrected chi connectivity index (χ2v) is 7.58. The molecule has 0 bridgehead atoms. The van der Waals surface area contributed by atoms with Crippen LogP contribution in [-0.2, 0) is 11.0 Å². The zero-order valence-electron chi connectivity index (χ0n) is 16.4.